The van der Waals surface area contributed by atoms with Crippen LogP contribution in [0.25, 0.3) is 32.7 Å². The van der Waals surface area contributed by atoms with Crippen molar-refractivity contribution in [3.05, 3.63) is 65.9 Å². The van der Waals surface area contributed by atoms with E-state index in [4.69, 9.17) is 11.5 Å². The molecule has 0 aliphatic carbocycles. The molecule has 4 N–H and O–H groups in total. The normalized spacial score (nSPS) is 11.5. The zero-order valence-corrected chi connectivity index (χ0v) is 11.9. The molecule has 2 aromatic heterocycles. The number of anilines is 2. The van der Waals surface area contributed by atoms with Gasteiger partial charge < -0.3 is 20.3 Å². The molecule has 0 unspecified atom stereocenters. The smallest absolute Gasteiger partial charge is 0.349 e. The summed E-state index contributed by atoms with van der Waals surface area (Å²) in [6.07, 6.45) is 0. The van der Waals surface area contributed by atoms with Crippen LogP contribution < -0.4 is 34.0 Å². The lowest BCUT2D eigenvalue weighted by atomic mass is 9.94. The first-order chi connectivity index (χ1) is 11.4. The second kappa shape index (κ2) is 4.42. The van der Waals surface area contributed by atoms with E-state index in [0.29, 0.717) is 5.56 Å². The SMILES string of the molecule is Nc1ccccc1-c1c(N)c2c(=O)oc(=O)c2c2c(=O)oc(=O)c12. The lowest BCUT2D eigenvalue weighted by Crippen LogP contribution is -2.05. The van der Waals surface area contributed by atoms with Crippen molar-refractivity contribution in [2.45, 2.75) is 0 Å². The maximum atomic E-state index is 12.1. The van der Waals surface area contributed by atoms with Crippen LogP contribution >= 0.6 is 0 Å². The molecular formula is C16H8N2O6. The van der Waals surface area contributed by atoms with Crippen molar-refractivity contribution >= 4 is 32.9 Å². The number of nitrogen functional groups attached to an aromatic ring is 2. The number of para-hydroxylation sites is 1. The van der Waals surface area contributed by atoms with E-state index in [2.05, 4.69) is 8.83 Å². The van der Waals surface area contributed by atoms with Crippen molar-refractivity contribution in [3.63, 3.8) is 0 Å². The highest BCUT2D eigenvalue weighted by Gasteiger charge is 2.27. The highest BCUT2D eigenvalue weighted by molar-refractivity contribution is 6.20. The van der Waals surface area contributed by atoms with Gasteiger partial charge >= 0.3 is 22.5 Å². The van der Waals surface area contributed by atoms with Crippen LogP contribution in [0.4, 0.5) is 11.4 Å². The van der Waals surface area contributed by atoms with Gasteiger partial charge in [0.05, 0.1) is 27.2 Å². The maximum Gasteiger partial charge on any atom is 0.349 e. The van der Waals surface area contributed by atoms with Crippen LogP contribution in [0.5, 0.6) is 0 Å². The first kappa shape index (κ1) is 13.9. The van der Waals surface area contributed by atoms with Gasteiger partial charge in [0.25, 0.3) is 0 Å². The predicted molar refractivity (Wildman–Crippen MR) is 87.7 cm³/mol. The van der Waals surface area contributed by atoms with Crippen LogP contribution in [0.1, 0.15) is 0 Å². The van der Waals surface area contributed by atoms with Crippen LogP contribution in [0.15, 0.2) is 52.3 Å². The molecule has 0 saturated carbocycles. The molecule has 0 amide bonds. The van der Waals surface area contributed by atoms with Gasteiger partial charge in [-0.3, -0.25) is 0 Å². The highest BCUT2D eigenvalue weighted by atomic mass is 16.4. The molecule has 0 radical (unpaired) electrons. The molecule has 0 atom stereocenters. The van der Waals surface area contributed by atoms with E-state index in [1.54, 1.807) is 24.3 Å². The Balaban J connectivity index is 2.45. The summed E-state index contributed by atoms with van der Waals surface area (Å²) >= 11 is 0. The monoisotopic (exact) mass is 324 g/mol. The van der Waals surface area contributed by atoms with Gasteiger partial charge in [-0.25, -0.2) is 19.2 Å². The Bertz CT molecular complexity index is 1350. The van der Waals surface area contributed by atoms with E-state index >= 15 is 0 Å². The fourth-order valence-corrected chi connectivity index (χ4v) is 2.97. The molecule has 118 valence electrons. The van der Waals surface area contributed by atoms with Crippen LogP contribution in [0, 0.1) is 0 Å². The van der Waals surface area contributed by atoms with Crippen LogP contribution in [-0.4, -0.2) is 0 Å². The molecule has 0 bridgehead atoms. The molecule has 0 saturated heterocycles. The van der Waals surface area contributed by atoms with Crippen molar-refractivity contribution in [1.29, 1.82) is 0 Å². The minimum absolute atomic E-state index is 0.0735. The lowest BCUT2D eigenvalue weighted by molar-refractivity contribution is 0.497. The van der Waals surface area contributed by atoms with Gasteiger partial charge in [0.2, 0.25) is 0 Å². The molecule has 0 aliphatic heterocycles. The third kappa shape index (κ3) is 1.56. The number of hydrogen-bond donors (Lipinski definition) is 2. The van der Waals surface area contributed by atoms with Crippen molar-refractivity contribution in [2.24, 2.45) is 0 Å². The Morgan fingerprint density at radius 1 is 0.667 bits per heavy atom. The fourth-order valence-electron chi connectivity index (χ4n) is 2.97. The van der Waals surface area contributed by atoms with Gasteiger partial charge in [-0.05, 0) is 6.07 Å². The second-order valence-electron chi connectivity index (χ2n) is 5.23. The summed E-state index contributed by atoms with van der Waals surface area (Å²) in [4.78, 5) is 48.1. The number of rotatable bonds is 1. The molecule has 4 aromatic rings. The molecule has 4 rings (SSSR count). The summed E-state index contributed by atoms with van der Waals surface area (Å²) in [5.74, 6) is 0. The first-order valence-corrected chi connectivity index (χ1v) is 6.79. The zero-order valence-electron chi connectivity index (χ0n) is 11.9. The summed E-state index contributed by atoms with van der Waals surface area (Å²) in [6, 6.07) is 6.46. The van der Waals surface area contributed by atoms with Gasteiger partial charge in [0.15, 0.2) is 0 Å². The quantitative estimate of drug-likeness (QED) is 0.476. The molecule has 8 nitrogen and oxygen atoms in total. The fraction of sp³-hybridized carbons (Fsp3) is 0. The van der Waals surface area contributed by atoms with Gasteiger partial charge in [-0.15, -0.1) is 0 Å². The van der Waals surface area contributed by atoms with Crippen molar-refractivity contribution in [2.75, 3.05) is 11.5 Å². The van der Waals surface area contributed by atoms with Gasteiger partial charge in [0.1, 0.15) is 0 Å². The third-order valence-electron chi connectivity index (χ3n) is 3.96. The topological polar surface area (TPSA) is 147 Å². The van der Waals surface area contributed by atoms with E-state index in [1.807, 2.05) is 0 Å². The Hall–Kier alpha value is -3.68. The summed E-state index contributed by atoms with van der Waals surface area (Å²) in [6.45, 7) is 0. The number of benzene rings is 2. The summed E-state index contributed by atoms with van der Waals surface area (Å²) in [5, 5.41) is -1.12. The molecular weight excluding hydrogens is 316 g/mol. The predicted octanol–water partition coefficient (Wildman–Crippen LogP) is 0.327. The number of fused-ring (bicyclic) bond motifs is 3. The molecule has 2 heterocycles. The maximum absolute atomic E-state index is 12.1. The minimum atomic E-state index is -1.04. The average Bonchev–Trinajstić information content (AvgIpc) is 2.98. The summed E-state index contributed by atoms with van der Waals surface area (Å²) in [7, 11) is 0. The van der Waals surface area contributed by atoms with Crippen LogP contribution in [0.3, 0.4) is 0 Å². The van der Waals surface area contributed by atoms with Crippen molar-refractivity contribution < 1.29 is 8.83 Å². The van der Waals surface area contributed by atoms with Crippen molar-refractivity contribution in [1.82, 2.24) is 0 Å². The number of furan rings is 2. The van der Waals surface area contributed by atoms with E-state index in [9.17, 15) is 19.2 Å². The Kier molecular flexibility index (Phi) is 2.57. The lowest BCUT2D eigenvalue weighted by Gasteiger charge is -2.10. The largest absolute Gasteiger partial charge is 0.398 e. The molecule has 24 heavy (non-hydrogen) atoms. The van der Waals surface area contributed by atoms with Gasteiger partial charge in [-0.2, -0.15) is 0 Å². The van der Waals surface area contributed by atoms with Crippen LogP contribution in [-0.2, 0) is 0 Å². The standard InChI is InChI=1S/C16H8N2O6/c17-6-4-2-1-3-5(6)7-8-9(14(20)23-13(8)19)10-11(12(7)18)16(22)24-15(10)21/h1-4H,17-18H2. The van der Waals surface area contributed by atoms with Gasteiger partial charge in [-0.1, -0.05) is 18.2 Å². The minimum Gasteiger partial charge on any atom is -0.398 e. The third-order valence-corrected chi connectivity index (χ3v) is 3.96. The molecule has 0 fully saturated rings. The Morgan fingerprint density at radius 2 is 1.17 bits per heavy atom. The van der Waals surface area contributed by atoms with E-state index in [1.165, 1.54) is 0 Å². The zero-order chi connectivity index (χ0) is 17.2. The summed E-state index contributed by atoms with van der Waals surface area (Å²) in [5.41, 5.74) is 8.47. The Morgan fingerprint density at radius 3 is 1.79 bits per heavy atom. The molecule has 8 heteroatoms. The average molecular weight is 324 g/mol. The number of nitrogens with two attached hydrogens (primary N) is 2. The van der Waals surface area contributed by atoms with E-state index in [0.717, 1.165) is 0 Å². The van der Waals surface area contributed by atoms with E-state index < -0.39 is 22.5 Å². The van der Waals surface area contributed by atoms with Crippen molar-refractivity contribution in [3.8, 4) is 11.1 Å². The van der Waals surface area contributed by atoms with E-state index in [-0.39, 0.29) is 38.5 Å². The summed E-state index contributed by atoms with van der Waals surface area (Å²) < 4.78 is 9.14. The van der Waals surface area contributed by atoms with Crippen LogP contribution in [0.2, 0.25) is 0 Å². The molecule has 0 aliphatic rings. The highest BCUT2D eigenvalue weighted by Crippen LogP contribution is 2.38. The number of hydrogen-bond acceptors (Lipinski definition) is 8. The molecule has 0 spiro atoms. The molecule has 2 aromatic carbocycles. The Labute approximate surface area is 131 Å². The van der Waals surface area contributed by atoms with Gasteiger partial charge in [0, 0.05) is 16.8 Å². The second-order valence-corrected chi connectivity index (χ2v) is 5.23. The first-order valence-electron chi connectivity index (χ1n) is 6.79.